The zero-order valence-corrected chi connectivity index (χ0v) is 14.5. The van der Waals surface area contributed by atoms with Crippen molar-refractivity contribution >= 4 is 32.6 Å². The van der Waals surface area contributed by atoms with Gasteiger partial charge in [-0.1, -0.05) is 11.3 Å². The smallest absolute Gasteiger partial charge is 0.368 e. The molecule has 1 amide bonds. The molecule has 0 spiro atoms. The minimum atomic E-state index is -4.38. The molecule has 5 N–H and O–H groups in total. The van der Waals surface area contributed by atoms with Crippen LogP contribution >= 0.6 is 11.3 Å². The molecule has 0 radical (unpaired) electrons. The lowest BCUT2D eigenvalue weighted by Crippen LogP contribution is -2.44. The average molecular weight is 385 g/mol. The van der Waals surface area contributed by atoms with Crippen LogP contribution in [0.2, 0.25) is 0 Å². The van der Waals surface area contributed by atoms with Crippen molar-refractivity contribution in [2.45, 2.75) is 43.6 Å². The molecule has 4 rings (SSSR count). The van der Waals surface area contributed by atoms with Crippen LogP contribution < -0.4 is 21.9 Å². The summed E-state index contributed by atoms with van der Waals surface area (Å²) in [4.78, 5) is 15.9. The van der Waals surface area contributed by atoms with Crippen molar-refractivity contribution in [3.63, 3.8) is 0 Å². The number of rotatable bonds is 3. The van der Waals surface area contributed by atoms with Gasteiger partial charge in [-0.2, -0.15) is 13.2 Å². The van der Waals surface area contributed by atoms with E-state index < -0.39 is 17.8 Å². The third-order valence-electron chi connectivity index (χ3n) is 5.10. The van der Waals surface area contributed by atoms with Gasteiger partial charge in [0.25, 0.3) is 0 Å². The van der Waals surface area contributed by atoms with Crippen LogP contribution in [0.25, 0.3) is 10.2 Å². The number of hydrogen-bond donors (Lipinski definition) is 4. The summed E-state index contributed by atoms with van der Waals surface area (Å²) in [7, 11) is 0. The number of carbonyl (C=O) groups is 1. The fourth-order valence-corrected chi connectivity index (χ4v) is 4.73. The van der Waals surface area contributed by atoms with Gasteiger partial charge < -0.3 is 11.1 Å². The first kappa shape index (κ1) is 17.5. The summed E-state index contributed by atoms with van der Waals surface area (Å²) in [6.45, 7) is 0. The number of nitrogens with one attached hydrogen (secondary N) is 3. The second kappa shape index (κ2) is 6.36. The average Bonchev–Trinajstić information content (AvgIpc) is 3.15. The van der Waals surface area contributed by atoms with E-state index >= 15 is 0 Å². The maximum Gasteiger partial charge on any atom is 0.416 e. The molecule has 1 saturated heterocycles. The largest absolute Gasteiger partial charge is 0.416 e. The lowest BCUT2D eigenvalue weighted by Gasteiger charge is -2.32. The van der Waals surface area contributed by atoms with Crippen LogP contribution in [0.15, 0.2) is 18.2 Å². The highest BCUT2D eigenvalue weighted by Crippen LogP contribution is 2.36. The SMILES string of the molecule is NC(=O)C1NNC2CCC(Nc3nc4cc(C(F)(F)F)ccc4s3)CC21. The highest BCUT2D eigenvalue weighted by Gasteiger charge is 2.43. The number of thiazole rings is 1. The van der Waals surface area contributed by atoms with E-state index in [2.05, 4.69) is 21.2 Å². The highest BCUT2D eigenvalue weighted by atomic mass is 32.1. The summed E-state index contributed by atoms with van der Waals surface area (Å²) in [5.74, 6) is -0.296. The maximum atomic E-state index is 12.8. The standard InChI is InChI=1S/C16H18F3N5OS/c17-16(18,19)7-1-4-12-11(5-7)22-15(26-12)21-8-2-3-10-9(6-8)13(14(20)25)24-23-10/h1,4-5,8-10,13,23-24H,2-3,6H2,(H2,20,25)(H,21,22). The van der Waals surface area contributed by atoms with Crippen LogP contribution in [-0.2, 0) is 11.0 Å². The third-order valence-corrected chi connectivity index (χ3v) is 6.07. The minimum Gasteiger partial charge on any atom is -0.368 e. The second-order valence-corrected chi connectivity index (χ2v) is 7.82. The number of aromatic nitrogens is 1. The second-order valence-electron chi connectivity index (χ2n) is 6.79. The Labute approximate surface area is 151 Å². The molecule has 1 aliphatic carbocycles. The molecule has 2 aliphatic rings. The first-order valence-corrected chi connectivity index (χ1v) is 9.17. The Morgan fingerprint density at radius 1 is 1.31 bits per heavy atom. The molecule has 1 saturated carbocycles. The Bertz CT molecular complexity index is 839. The number of nitrogens with two attached hydrogens (primary N) is 1. The Kier molecular flexibility index (Phi) is 4.28. The number of hydrogen-bond acceptors (Lipinski definition) is 6. The molecule has 2 fully saturated rings. The zero-order chi connectivity index (χ0) is 18.5. The number of benzene rings is 1. The van der Waals surface area contributed by atoms with E-state index in [4.69, 9.17) is 5.73 Å². The van der Waals surface area contributed by atoms with Crippen molar-refractivity contribution in [3.05, 3.63) is 23.8 Å². The van der Waals surface area contributed by atoms with Crippen molar-refractivity contribution in [2.24, 2.45) is 11.7 Å². The van der Waals surface area contributed by atoms with Crippen molar-refractivity contribution in [1.82, 2.24) is 15.8 Å². The van der Waals surface area contributed by atoms with Crippen LogP contribution in [0.1, 0.15) is 24.8 Å². The number of fused-ring (bicyclic) bond motifs is 2. The van der Waals surface area contributed by atoms with Gasteiger partial charge in [-0.3, -0.25) is 10.2 Å². The third kappa shape index (κ3) is 3.24. The Hall–Kier alpha value is -1.91. The summed E-state index contributed by atoms with van der Waals surface area (Å²) in [6, 6.07) is 3.49. The zero-order valence-electron chi connectivity index (χ0n) is 13.6. The number of hydrazine groups is 1. The van der Waals surface area contributed by atoms with Gasteiger partial charge in [-0.05, 0) is 37.5 Å². The van der Waals surface area contributed by atoms with Crippen LogP contribution in [0.5, 0.6) is 0 Å². The highest BCUT2D eigenvalue weighted by molar-refractivity contribution is 7.22. The van der Waals surface area contributed by atoms with Gasteiger partial charge in [0.2, 0.25) is 5.91 Å². The molecule has 1 aromatic heterocycles. The molecule has 26 heavy (non-hydrogen) atoms. The molecule has 1 aromatic carbocycles. The van der Waals surface area contributed by atoms with E-state index in [1.807, 2.05) is 0 Å². The molecule has 1 aliphatic heterocycles. The number of nitrogens with zero attached hydrogens (tertiary/aromatic N) is 1. The monoisotopic (exact) mass is 385 g/mol. The van der Waals surface area contributed by atoms with Gasteiger partial charge in [0.1, 0.15) is 6.04 Å². The van der Waals surface area contributed by atoms with Gasteiger partial charge >= 0.3 is 6.18 Å². The van der Waals surface area contributed by atoms with E-state index in [1.54, 1.807) is 0 Å². The van der Waals surface area contributed by atoms with Crippen LogP contribution in [0.3, 0.4) is 0 Å². The van der Waals surface area contributed by atoms with Gasteiger partial charge in [-0.15, -0.1) is 0 Å². The van der Waals surface area contributed by atoms with E-state index in [0.29, 0.717) is 15.3 Å². The summed E-state index contributed by atoms with van der Waals surface area (Å²) >= 11 is 1.33. The van der Waals surface area contributed by atoms with Crippen molar-refractivity contribution < 1.29 is 18.0 Å². The number of primary amides is 1. The minimum absolute atomic E-state index is 0.0879. The molecule has 10 heteroatoms. The topological polar surface area (TPSA) is 92.1 Å². The quantitative estimate of drug-likeness (QED) is 0.650. The summed E-state index contributed by atoms with van der Waals surface area (Å²) in [5, 5.41) is 3.91. The summed E-state index contributed by atoms with van der Waals surface area (Å²) in [5.41, 5.74) is 11.1. The number of alkyl halides is 3. The summed E-state index contributed by atoms with van der Waals surface area (Å²) in [6.07, 6.45) is -1.88. The van der Waals surface area contributed by atoms with Crippen LogP contribution in [-0.4, -0.2) is 29.0 Å². The van der Waals surface area contributed by atoms with Crippen molar-refractivity contribution in [3.8, 4) is 0 Å². The number of anilines is 1. The molecule has 4 unspecified atom stereocenters. The Morgan fingerprint density at radius 3 is 2.85 bits per heavy atom. The predicted molar refractivity (Wildman–Crippen MR) is 92.4 cm³/mol. The first-order valence-electron chi connectivity index (χ1n) is 8.36. The van der Waals surface area contributed by atoms with Gasteiger partial charge in [-0.25, -0.2) is 10.4 Å². The number of amides is 1. The molecule has 6 nitrogen and oxygen atoms in total. The van der Waals surface area contributed by atoms with E-state index in [9.17, 15) is 18.0 Å². The molecular formula is C16H18F3N5OS. The van der Waals surface area contributed by atoms with Gasteiger partial charge in [0.05, 0.1) is 15.8 Å². The van der Waals surface area contributed by atoms with E-state index in [1.165, 1.54) is 17.4 Å². The summed E-state index contributed by atoms with van der Waals surface area (Å²) < 4.78 is 39.2. The molecule has 140 valence electrons. The fourth-order valence-electron chi connectivity index (χ4n) is 3.81. The normalized spacial score (nSPS) is 28.9. The lowest BCUT2D eigenvalue weighted by atomic mass is 9.79. The Morgan fingerprint density at radius 2 is 2.12 bits per heavy atom. The van der Waals surface area contributed by atoms with Gasteiger partial charge in [0, 0.05) is 18.0 Å². The number of carbonyl (C=O) groups excluding carboxylic acids is 1. The van der Waals surface area contributed by atoms with Crippen molar-refractivity contribution in [2.75, 3.05) is 5.32 Å². The lowest BCUT2D eigenvalue weighted by molar-refractivity contribution is -0.137. The predicted octanol–water partition coefficient (Wildman–Crippen LogP) is 2.23. The van der Waals surface area contributed by atoms with Gasteiger partial charge in [0.15, 0.2) is 5.13 Å². The molecule has 2 heterocycles. The van der Waals surface area contributed by atoms with E-state index in [0.717, 1.165) is 31.4 Å². The molecular weight excluding hydrogens is 367 g/mol. The molecule has 4 atom stereocenters. The maximum absolute atomic E-state index is 12.8. The fraction of sp³-hybridized carbons (Fsp3) is 0.500. The Balaban J connectivity index is 1.49. The molecule has 0 bridgehead atoms. The first-order chi connectivity index (χ1) is 12.3. The van der Waals surface area contributed by atoms with Crippen molar-refractivity contribution in [1.29, 1.82) is 0 Å². The van der Waals surface area contributed by atoms with Crippen LogP contribution in [0.4, 0.5) is 18.3 Å². The molecule has 2 aromatic rings. The number of halogens is 3. The van der Waals surface area contributed by atoms with E-state index in [-0.39, 0.29) is 23.9 Å². The van der Waals surface area contributed by atoms with Crippen LogP contribution in [0, 0.1) is 5.92 Å².